The molecule has 0 aliphatic heterocycles. The largest absolute Gasteiger partial charge is 0.374 e. The van der Waals surface area contributed by atoms with E-state index in [0.717, 1.165) is 17.3 Å². The van der Waals surface area contributed by atoms with Crippen molar-refractivity contribution in [3.8, 4) is 0 Å². The summed E-state index contributed by atoms with van der Waals surface area (Å²) in [6.07, 6.45) is 1.80. The van der Waals surface area contributed by atoms with Crippen molar-refractivity contribution in [1.29, 1.82) is 0 Å². The second-order valence-electron chi connectivity index (χ2n) is 4.10. The molecule has 0 spiro atoms. The Morgan fingerprint density at radius 3 is 2.69 bits per heavy atom. The molecule has 4 heteroatoms. The topological polar surface area (TPSA) is 35.2 Å². The molecular formula is C12H20BrNOS. The van der Waals surface area contributed by atoms with Crippen molar-refractivity contribution in [2.75, 3.05) is 6.61 Å². The van der Waals surface area contributed by atoms with Gasteiger partial charge in [-0.1, -0.05) is 6.92 Å². The van der Waals surface area contributed by atoms with Crippen LogP contribution in [0.5, 0.6) is 0 Å². The standard InChI is InChI=1S/C12H20BrNOS/c1-4-12(3,15-5-2)11(14)8-10-9(13)6-7-16-10/h6-7,11H,4-5,8,14H2,1-3H3. The molecule has 1 aromatic heterocycles. The van der Waals surface area contributed by atoms with Crippen LogP contribution in [-0.2, 0) is 11.2 Å². The third kappa shape index (κ3) is 3.29. The fraction of sp³-hybridized carbons (Fsp3) is 0.667. The molecule has 0 radical (unpaired) electrons. The van der Waals surface area contributed by atoms with Crippen LogP contribution in [0.4, 0.5) is 0 Å². The zero-order chi connectivity index (χ0) is 12.2. The molecule has 1 rings (SSSR count). The van der Waals surface area contributed by atoms with Gasteiger partial charge in [0.2, 0.25) is 0 Å². The first-order valence-electron chi connectivity index (χ1n) is 5.65. The molecule has 0 amide bonds. The van der Waals surface area contributed by atoms with Gasteiger partial charge in [0.15, 0.2) is 0 Å². The van der Waals surface area contributed by atoms with Crippen molar-refractivity contribution in [1.82, 2.24) is 0 Å². The number of nitrogens with two attached hydrogens (primary N) is 1. The maximum Gasteiger partial charge on any atom is 0.0805 e. The SMILES string of the molecule is CCOC(C)(CC)C(N)Cc1sccc1Br. The fourth-order valence-corrected chi connectivity index (χ4v) is 3.26. The Kier molecular flexibility index (Phi) is 5.44. The molecule has 0 fully saturated rings. The summed E-state index contributed by atoms with van der Waals surface area (Å²) in [6.45, 7) is 6.95. The summed E-state index contributed by atoms with van der Waals surface area (Å²) >= 11 is 5.28. The number of rotatable bonds is 6. The van der Waals surface area contributed by atoms with Crippen molar-refractivity contribution in [2.45, 2.75) is 45.3 Å². The van der Waals surface area contributed by atoms with Gasteiger partial charge in [-0.15, -0.1) is 11.3 Å². The molecule has 0 aliphatic carbocycles. The van der Waals surface area contributed by atoms with Crippen LogP contribution in [-0.4, -0.2) is 18.2 Å². The highest BCUT2D eigenvalue weighted by molar-refractivity contribution is 9.10. The molecule has 1 aromatic rings. The smallest absolute Gasteiger partial charge is 0.0805 e. The number of hydrogen-bond donors (Lipinski definition) is 1. The van der Waals surface area contributed by atoms with Gasteiger partial charge in [0, 0.05) is 28.4 Å². The summed E-state index contributed by atoms with van der Waals surface area (Å²) in [5, 5.41) is 2.08. The molecule has 0 aromatic carbocycles. The Labute approximate surface area is 110 Å². The molecule has 1 heterocycles. The van der Waals surface area contributed by atoms with E-state index in [0.29, 0.717) is 6.61 Å². The van der Waals surface area contributed by atoms with E-state index in [2.05, 4.69) is 41.2 Å². The molecule has 0 aliphatic rings. The summed E-state index contributed by atoms with van der Waals surface area (Å²) in [5.41, 5.74) is 6.05. The first kappa shape index (κ1) is 14.2. The van der Waals surface area contributed by atoms with Gasteiger partial charge in [-0.05, 0) is 47.6 Å². The summed E-state index contributed by atoms with van der Waals surface area (Å²) < 4.78 is 6.95. The molecule has 2 atom stereocenters. The average Bonchev–Trinajstić information content (AvgIpc) is 2.64. The average molecular weight is 306 g/mol. The Bertz CT molecular complexity index is 329. The van der Waals surface area contributed by atoms with E-state index in [1.54, 1.807) is 11.3 Å². The van der Waals surface area contributed by atoms with Crippen LogP contribution < -0.4 is 5.73 Å². The fourth-order valence-electron chi connectivity index (χ4n) is 1.69. The summed E-state index contributed by atoms with van der Waals surface area (Å²) in [4.78, 5) is 1.30. The van der Waals surface area contributed by atoms with Crippen LogP contribution in [0.1, 0.15) is 32.1 Å². The van der Waals surface area contributed by atoms with E-state index in [1.165, 1.54) is 4.88 Å². The second-order valence-corrected chi connectivity index (χ2v) is 5.96. The van der Waals surface area contributed by atoms with E-state index in [4.69, 9.17) is 10.5 Å². The Morgan fingerprint density at radius 1 is 1.56 bits per heavy atom. The minimum absolute atomic E-state index is 0.0346. The third-order valence-corrected chi connectivity index (χ3v) is 5.01. The maximum atomic E-state index is 6.27. The Morgan fingerprint density at radius 2 is 2.25 bits per heavy atom. The normalized spacial score (nSPS) is 17.1. The van der Waals surface area contributed by atoms with Crippen LogP contribution in [0.15, 0.2) is 15.9 Å². The molecular weight excluding hydrogens is 286 g/mol. The predicted octanol–water partition coefficient (Wildman–Crippen LogP) is 3.59. The van der Waals surface area contributed by atoms with Crippen LogP contribution in [0.2, 0.25) is 0 Å². The van der Waals surface area contributed by atoms with Gasteiger partial charge in [-0.25, -0.2) is 0 Å². The Hall–Kier alpha value is 0.100. The lowest BCUT2D eigenvalue weighted by atomic mass is 9.91. The predicted molar refractivity (Wildman–Crippen MR) is 74.0 cm³/mol. The highest BCUT2D eigenvalue weighted by atomic mass is 79.9. The number of thiophene rings is 1. The highest BCUT2D eigenvalue weighted by Crippen LogP contribution is 2.28. The van der Waals surface area contributed by atoms with E-state index in [-0.39, 0.29) is 11.6 Å². The van der Waals surface area contributed by atoms with E-state index >= 15 is 0 Å². The van der Waals surface area contributed by atoms with E-state index in [1.807, 2.05) is 6.92 Å². The van der Waals surface area contributed by atoms with Gasteiger partial charge in [-0.2, -0.15) is 0 Å². The van der Waals surface area contributed by atoms with Gasteiger partial charge >= 0.3 is 0 Å². The number of halogens is 1. The zero-order valence-corrected chi connectivity index (χ0v) is 12.5. The van der Waals surface area contributed by atoms with Crippen molar-refractivity contribution in [3.63, 3.8) is 0 Å². The molecule has 92 valence electrons. The lowest BCUT2D eigenvalue weighted by Crippen LogP contribution is -2.48. The van der Waals surface area contributed by atoms with Crippen molar-refractivity contribution in [3.05, 3.63) is 20.8 Å². The van der Waals surface area contributed by atoms with Gasteiger partial charge in [0.1, 0.15) is 0 Å². The minimum Gasteiger partial charge on any atom is -0.374 e. The molecule has 0 bridgehead atoms. The van der Waals surface area contributed by atoms with Crippen molar-refractivity contribution in [2.24, 2.45) is 5.73 Å². The first-order chi connectivity index (χ1) is 7.53. The Balaban J connectivity index is 2.69. The van der Waals surface area contributed by atoms with Crippen LogP contribution in [0, 0.1) is 0 Å². The monoisotopic (exact) mass is 305 g/mol. The maximum absolute atomic E-state index is 6.27. The van der Waals surface area contributed by atoms with Crippen molar-refractivity contribution >= 4 is 27.3 Å². The lowest BCUT2D eigenvalue weighted by Gasteiger charge is -2.34. The summed E-state index contributed by atoms with van der Waals surface area (Å²) in [6, 6.07) is 2.10. The zero-order valence-electron chi connectivity index (χ0n) is 10.1. The van der Waals surface area contributed by atoms with Crippen molar-refractivity contribution < 1.29 is 4.74 Å². The molecule has 2 N–H and O–H groups in total. The molecule has 0 saturated heterocycles. The molecule has 2 unspecified atom stereocenters. The molecule has 16 heavy (non-hydrogen) atoms. The van der Waals surface area contributed by atoms with Gasteiger partial charge in [0.05, 0.1) is 5.60 Å². The minimum atomic E-state index is -0.224. The summed E-state index contributed by atoms with van der Waals surface area (Å²) in [5.74, 6) is 0. The van der Waals surface area contributed by atoms with Gasteiger partial charge in [0.25, 0.3) is 0 Å². The van der Waals surface area contributed by atoms with E-state index in [9.17, 15) is 0 Å². The first-order valence-corrected chi connectivity index (χ1v) is 7.32. The number of hydrogen-bond acceptors (Lipinski definition) is 3. The quantitative estimate of drug-likeness (QED) is 0.872. The van der Waals surface area contributed by atoms with Crippen LogP contribution in [0.25, 0.3) is 0 Å². The van der Waals surface area contributed by atoms with Gasteiger partial charge in [-0.3, -0.25) is 0 Å². The van der Waals surface area contributed by atoms with E-state index < -0.39 is 0 Å². The number of ether oxygens (including phenoxy) is 1. The second kappa shape index (κ2) is 6.15. The highest BCUT2D eigenvalue weighted by Gasteiger charge is 2.31. The lowest BCUT2D eigenvalue weighted by molar-refractivity contribution is -0.0460. The molecule has 0 saturated carbocycles. The van der Waals surface area contributed by atoms with Gasteiger partial charge < -0.3 is 10.5 Å². The molecule has 2 nitrogen and oxygen atoms in total. The summed E-state index contributed by atoms with van der Waals surface area (Å²) in [7, 11) is 0. The third-order valence-electron chi connectivity index (χ3n) is 3.06. The van der Waals surface area contributed by atoms with Crippen LogP contribution in [0.3, 0.4) is 0 Å². The van der Waals surface area contributed by atoms with Crippen LogP contribution >= 0.6 is 27.3 Å².